The van der Waals surface area contributed by atoms with Crippen molar-refractivity contribution in [3.8, 4) is 0 Å². The molecule has 1 amide bonds. The lowest BCUT2D eigenvalue weighted by Gasteiger charge is -2.23. The Kier molecular flexibility index (Phi) is 3.76. The van der Waals surface area contributed by atoms with Crippen LogP contribution in [-0.2, 0) is 0 Å². The molecule has 2 heterocycles. The number of carbonyl (C=O) groups is 1. The van der Waals surface area contributed by atoms with Crippen LogP contribution in [0.15, 0.2) is 65.4 Å². The predicted octanol–water partition coefficient (Wildman–Crippen LogP) is 3.93. The molecule has 0 atom stereocenters. The summed E-state index contributed by atoms with van der Waals surface area (Å²) in [6.07, 6.45) is 1.64. The van der Waals surface area contributed by atoms with Gasteiger partial charge in [-0.25, -0.2) is 5.01 Å². The van der Waals surface area contributed by atoms with Crippen LogP contribution < -0.4 is 10.5 Å². The van der Waals surface area contributed by atoms with Gasteiger partial charge in [-0.05, 0) is 29.8 Å². The summed E-state index contributed by atoms with van der Waals surface area (Å²) in [6.45, 7) is 0.407. The molecular weight excluding hydrogens is 347 g/mol. The van der Waals surface area contributed by atoms with Crippen molar-refractivity contribution in [2.75, 3.05) is 11.6 Å². The van der Waals surface area contributed by atoms with Gasteiger partial charge in [-0.3, -0.25) is 14.8 Å². The zero-order valence-electron chi connectivity index (χ0n) is 12.4. The number of hydrazine groups is 2. The van der Waals surface area contributed by atoms with Crippen LogP contribution in [0.4, 0.5) is 10.5 Å². The molecule has 0 bridgehead atoms. The van der Waals surface area contributed by atoms with E-state index >= 15 is 0 Å². The number of halogens is 2. The van der Waals surface area contributed by atoms with Crippen LogP contribution in [0, 0.1) is 0 Å². The fourth-order valence-corrected chi connectivity index (χ4v) is 3.06. The fraction of sp³-hybridized carbons (Fsp3) is 0.0588. The van der Waals surface area contributed by atoms with E-state index in [0.717, 1.165) is 28.2 Å². The highest BCUT2D eigenvalue weighted by molar-refractivity contribution is 6.62. The van der Waals surface area contributed by atoms with Crippen LogP contribution in [0.5, 0.6) is 0 Å². The van der Waals surface area contributed by atoms with Crippen molar-refractivity contribution in [3.05, 3.63) is 76.6 Å². The normalized spacial score (nSPS) is 16.1. The van der Waals surface area contributed by atoms with Gasteiger partial charge >= 0.3 is 5.37 Å². The van der Waals surface area contributed by atoms with E-state index in [4.69, 9.17) is 28.2 Å². The van der Waals surface area contributed by atoms with Crippen LogP contribution in [0.2, 0.25) is 5.02 Å². The smallest absolute Gasteiger partial charge is 0.278 e. The molecule has 7 heteroatoms. The van der Waals surface area contributed by atoms with E-state index < -0.39 is 5.37 Å². The topological polar surface area (TPSA) is 47.9 Å². The van der Waals surface area contributed by atoms with Gasteiger partial charge < -0.3 is 0 Å². The van der Waals surface area contributed by atoms with E-state index in [0.29, 0.717) is 11.6 Å². The molecule has 2 aromatic rings. The molecule has 4 rings (SSSR count). The van der Waals surface area contributed by atoms with Gasteiger partial charge in [-0.2, -0.15) is 0 Å². The summed E-state index contributed by atoms with van der Waals surface area (Å²) in [5.41, 5.74) is 7.37. The molecule has 24 heavy (non-hydrogen) atoms. The maximum atomic E-state index is 11.4. The summed E-state index contributed by atoms with van der Waals surface area (Å²) in [5.74, 6) is 0. The van der Waals surface area contributed by atoms with Crippen LogP contribution in [0.3, 0.4) is 0 Å². The Balaban J connectivity index is 1.88. The van der Waals surface area contributed by atoms with Crippen molar-refractivity contribution in [3.63, 3.8) is 0 Å². The van der Waals surface area contributed by atoms with Crippen molar-refractivity contribution < 1.29 is 4.79 Å². The van der Waals surface area contributed by atoms with Gasteiger partial charge in [0.05, 0.1) is 29.8 Å². The summed E-state index contributed by atoms with van der Waals surface area (Å²) in [4.78, 5) is 16.2. The van der Waals surface area contributed by atoms with Gasteiger partial charge in [0, 0.05) is 16.1 Å². The number of nitrogens with zero attached hydrogens (tertiary/aromatic N) is 3. The molecule has 2 aliphatic heterocycles. The molecule has 0 fully saturated rings. The number of rotatable bonds is 1. The number of benzene rings is 2. The summed E-state index contributed by atoms with van der Waals surface area (Å²) >= 11 is 11.8. The summed E-state index contributed by atoms with van der Waals surface area (Å²) in [7, 11) is 0. The molecule has 0 saturated carbocycles. The minimum Gasteiger partial charge on any atom is -0.278 e. The third-order valence-corrected chi connectivity index (χ3v) is 4.28. The molecule has 0 unspecified atom stereocenters. The molecule has 120 valence electrons. The lowest BCUT2D eigenvalue weighted by atomic mass is 10.0. The molecule has 0 aromatic heterocycles. The van der Waals surface area contributed by atoms with E-state index in [1.54, 1.807) is 17.3 Å². The largest absolute Gasteiger partial charge is 0.336 e. The highest BCUT2D eigenvalue weighted by Crippen LogP contribution is 2.33. The number of amides is 1. The number of anilines is 1. The van der Waals surface area contributed by atoms with E-state index in [1.165, 1.54) is 5.01 Å². The molecule has 0 spiro atoms. The molecule has 1 N–H and O–H groups in total. The number of aliphatic imine (C=N–C) groups is 1. The van der Waals surface area contributed by atoms with Gasteiger partial charge in [0.25, 0.3) is 0 Å². The zero-order chi connectivity index (χ0) is 16.7. The molecule has 0 radical (unpaired) electrons. The summed E-state index contributed by atoms with van der Waals surface area (Å²) < 4.78 is 0. The van der Waals surface area contributed by atoms with Gasteiger partial charge in [-0.15, -0.1) is 5.53 Å². The molecule has 2 aromatic carbocycles. The standard InChI is InChI=1S/C17H12Cl2N4O/c18-12-6-7-15-14(8-12)16(11-4-2-1-3-5-11)20-9-13-10-22(17(19)24)21-23(13)15/h1-8,10,21H,9H2. The van der Waals surface area contributed by atoms with Crippen LogP contribution in [0.1, 0.15) is 11.1 Å². The number of carbonyl (C=O) groups excluding carboxylic acids is 1. The van der Waals surface area contributed by atoms with Crippen molar-refractivity contribution in [1.29, 1.82) is 0 Å². The fourth-order valence-electron chi connectivity index (χ4n) is 2.80. The van der Waals surface area contributed by atoms with E-state index in [1.807, 2.05) is 42.5 Å². The van der Waals surface area contributed by atoms with Crippen molar-refractivity contribution >= 4 is 40.0 Å². The molecule has 0 saturated heterocycles. The third-order valence-electron chi connectivity index (χ3n) is 3.86. The van der Waals surface area contributed by atoms with Crippen molar-refractivity contribution in [2.24, 2.45) is 4.99 Å². The molecule has 2 aliphatic rings. The minimum absolute atomic E-state index is 0.407. The average Bonchev–Trinajstić information content (AvgIpc) is 2.95. The average molecular weight is 359 g/mol. The second-order valence-electron chi connectivity index (χ2n) is 5.37. The highest BCUT2D eigenvalue weighted by atomic mass is 35.5. The Hall–Kier alpha value is -2.34. The third kappa shape index (κ3) is 2.57. The van der Waals surface area contributed by atoms with E-state index in [9.17, 15) is 4.79 Å². The minimum atomic E-state index is -0.613. The number of nitrogens with one attached hydrogen (secondary N) is 1. The van der Waals surface area contributed by atoms with Crippen molar-refractivity contribution in [2.45, 2.75) is 0 Å². The lowest BCUT2D eigenvalue weighted by molar-refractivity contribution is 0.226. The zero-order valence-corrected chi connectivity index (χ0v) is 13.9. The first-order chi connectivity index (χ1) is 11.6. The Morgan fingerprint density at radius 2 is 1.96 bits per heavy atom. The molecule has 0 aliphatic carbocycles. The second kappa shape index (κ2) is 5.94. The summed E-state index contributed by atoms with van der Waals surface area (Å²) in [5, 5.41) is 3.02. The maximum absolute atomic E-state index is 11.4. The Labute approximate surface area is 148 Å². The quantitative estimate of drug-likeness (QED) is 0.620. The van der Waals surface area contributed by atoms with Gasteiger partial charge in [0.1, 0.15) is 0 Å². The number of fused-ring (bicyclic) bond motifs is 3. The van der Waals surface area contributed by atoms with Gasteiger partial charge in [0.2, 0.25) is 0 Å². The highest BCUT2D eigenvalue weighted by Gasteiger charge is 2.30. The van der Waals surface area contributed by atoms with E-state index in [2.05, 4.69) is 5.53 Å². The first-order valence-corrected chi connectivity index (χ1v) is 8.05. The first-order valence-electron chi connectivity index (χ1n) is 7.29. The molecular formula is C17H12Cl2N4O. The Bertz CT molecular complexity index is 879. The second-order valence-corrected chi connectivity index (χ2v) is 6.13. The molecule has 5 nitrogen and oxygen atoms in total. The van der Waals surface area contributed by atoms with Crippen LogP contribution >= 0.6 is 23.2 Å². The number of hydrogen-bond acceptors (Lipinski definition) is 4. The Morgan fingerprint density at radius 3 is 2.71 bits per heavy atom. The summed E-state index contributed by atoms with van der Waals surface area (Å²) in [6, 6.07) is 15.5. The van der Waals surface area contributed by atoms with Crippen LogP contribution in [-0.4, -0.2) is 22.6 Å². The van der Waals surface area contributed by atoms with E-state index in [-0.39, 0.29) is 0 Å². The lowest BCUT2D eigenvalue weighted by Crippen LogP contribution is -2.42. The predicted molar refractivity (Wildman–Crippen MR) is 95.2 cm³/mol. The van der Waals surface area contributed by atoms with Crippen molar-refractivity contribution in [1.82, 2.24) is 10.5 Å². The first kappa shape index (κ1) is 15.2. The SMILES string of the molecule is O=C(Cl)N1C=C2CN=C(c3ccccc3)c3cc(Cl)ccc3N2N1. The monoisotopic (exact) mass is 358 g/mol. The van der Waals surface area contributed by atoms with Crippen LogP contribution in [0.25, 0.3) is 0 Å². The van der Waals surface area contributed by atoms with Gasteiger partial charge in [-0.1, -0.05) is 41.9 Å². The Morgan fingerprint density at radius 1 is 1.17 bits per heavy atom. The number of hydrogen-bond donors (Lipinski definition) is 1. The van der Waals surface area contributed by atoms with Gasteiger partial charge in [0.15, 0.2) is 0 Å². The maximum Gasteiger partial charge on any atom is 0.336 e.